The van der Waals surface area contributed by atoms with Gasteiger partial charge in [-0.2, -0.15) is 0 Å². The van der Waals surface area contributed by atoms with Gasteiger partial charge in [0.05, 0.1) is 6.42 Å². The van der Waals surface area contributed by atoms with E-state index in [1.165, 1.54) is 34.9 Å². The van der Waals surface area contributed by atoms with Gasteiger partial charge in [-0.25, -0.2) is 4.79 Å². The molecule has 2 atom stereocenters. The molecule has 8 nitrogen and oxygen atoms in total. The fraction of sp³-hybridized carbons (Fsp3) is 0.500. The molecule has 1 N–H and O–H groups in total. The third-order valence-corrected chi connectivity index (χ3v) is 6.54. The van der Waals surface area contributed by atoms with Crippen LogP contribution in [0.4, 0.5) is 0 Å². The first-order chi connectivity index (χ1) is 14.1. The van der Waals surface area contributed by atoms with Crippen LogP contribution in [-0.2, 0) is 35.1 Å². The van der Waals surface area contributed by atoms with Crippen molar-refractivity contribution in [3.8, 4) is 0 Å². The van der Waals surface area contributed by atoms with Crippen LogP contribution in [0, 0.1) is 0 Å². The Labute approximate surface area is 183 Å². The maximum absolute atomic E-state index is 12.8. The number of fused-ring (bicyclic) bond motifs is 1. The van der Waals surface area contributed by atoms with E-state index in [1.807, 2.05) is 17.5 Å². The molecule has 0 unspecified atom stereocenters. The number of hydrogen-bond acceptors (Lipinski definition) is 8. The topological polar surface area (TPSA) is 102 Å². The first kappa shape index (κ1) is 22.4. The van der Waals surface area contributed by atoms with Crippen LogP contribution >= 0.6 is 23.1 Å². The van der Waals surface area contributed by atoms with Gasteiger partial charge in [-0.1, -0.05) is 6.07 Å². The molecule has 0 saturated carbocycles. The SMILES string of the molecule is CC(=O)OCC1=C(C(=O)OC(C)(C)C)N2C(=O)[C@@H](NC(=O)Cc3cccs3)[C@@H]2SC1. The first-order valence-corrected chi connectivity index (χ1v) is 11.3. The van der Waals surface area contributed by atoms with Crippen molar-refractivity contribution >= 4 is 46.9 Å². The Kier molecular flexibility index (Phi) is 6.56. The summed E-state index contributed by atoms with van der Waals surface area (Å²) >= 11 is 2.88. The second-order valence-electron chi connectivity index (χ2n) is 7.95. The minimum Gasteiger partial charge on any atom is -0.461 e. The van der Waals surface area contributed by atoms with Gasteiger partial charge in [-0.05, 0) is 32.2 Å². The predicted molar refractivity (Wildman–Crippen MR) is 113 cm³/mol. The van der Waals surface area contributed by atoms with Crippen LogP contribution in [0.3, 0.4) is 0 Å². The number of ether oxygens (including phenoxy) is 2. The van der Waals surface area contributed by atoms with E-state index in [2.05, 4.69) is 5.32 Å². The van der Waals surface area contributed by atoms with Crippen LogP contribution in [0.2, 0.25) is 0 Å². The lowest BCUT2D eigenvalue weighted by molar-refractivity contribution is -0.159. The first-order valence-electron chi connectivity index (χ1n) is 9.42. The van der Waals surface area contributed by atoms with Gasteiger partial charge in [-0.3, -0.25) is 19.3 Å². The normalized spacial score (nSPS) is 20.9. The molecule has 162 valence electrons. The van der Waals surface area contributed by atoms with Gasteiger partial charge in [0.2, 0.25) is 5.91 Å². The van der Waals surface area contributed by atoms with Gasteiger partial charge < -0.3 is 14.8 Å². The summed E-state index contributed by atoms with van der Waals surface area (Å²) in [6.07, 6.45) is 0.200. The molecule has 10 heteroatoms. The number of β-lactam (4-membered cyclic amide) rings is 1. The van der Waals surface area contributed by atoms with Gasteiger partial charge in [0, 0.05) is 23.1 Å². The number of thioether (sulfide) groups is 1. The van der Waals surface area contributed by atoms with Crippen LogP contribution in [-0.4, -0.2) is 58.0 Å². The molecule has 1 aromatic rings. The van der Waals surface area contributed by atoms with E-state index in [4.69, 9.17) is 9.47 Å². The summed E-state index contributed by atoms with van der Waals surface area (Å²) in [4.78, 5) is 51.5. The molecule has 2 aliphatic heterocycles. The van der Waals surface area contributed by atoms with Crippen molar-refractivity contribution in [2.45, 2.75) is 51.1 Å². The summed E-state index contributed by atoms with van der Waals surface area (Å²) in [5, 5.41) is 4.25. The maximum Gasteiger partial charge on any atom is 0.355 e. The molecular formula is C20H24N2O6S2. The monoisotopic (exact) mass is 452 g/mol. The van der Waals surface area contributed by atoms with Gasteiger partial charge in [0.15, 0.2) is 0 Å². The maximum atomic E-state index is 12.8. The molecule has 1 aromatic heterocycles. The van der Waals surface area contributed by atoms with Crippen LogP contribution in [0.25, 0.3) is 0 Å². The van der Waals surface area contributed by atoms with Crippen molar-refractivity contribution in [2.75, 3.05) is 12.4 Å². The summed E-state index contributed by atoms with van der Waals surface area (Å²) < 4.78 is 10.5. The van der Waals surface area contributed by atoms with Crippen LogP contribution in [0.15, 0.2) is 28.8 Å². The van der Waals surface area contributed by atoms with Gasteiger partial charge in [0.25, 0.3) is 5.91 Å². The molecular weight excluding hydrogens is 428 g/mol. The number of amides is 2. The zero-order valence-electron chi connectivity index (χ0n) is 17.2. The van der Waals surface area contributed by atoms with Crippen LogP contribution < -0.4 is 5.32 Å². The number of esters is 2. The second-order valence-corrected chi connectivity index (χ2v) is 10.1. The van der Waals surface area contributed by atoms with E-state index in [-0.39, 0.29) is 30.5 Å². The Bertz CT molecular complexity index is 888. The molecule has 3 heterocycles. The average Bonchev–Trinajstić information content (AvgIpc) is 3.14. The van der Waals surface area contributed by atoms with Crippen molar-refractivity contribution in [1.29, 1.82) is 0 Å². The highest BCUT2D eigenvalue weighted by molar-refractivity contribution is 8.00. The number of hydrogen-bond donors (Lipinski definition) is 1. The minimum absolute atomic E-state index is 0.0944. The van der Waals surface area contributed by atoms with Crippen molar-refractivity contribution in [2.24, 2.45) is 0 Å². The Morgan fingerprint density at radius 3 is 2.63 bits per heavy atom. The Balaban J connectivity index is 1.76. The molecule has 2 amide bonds. The van der Waals surface area contributed by atoms with E-state index in [0.717, 1.165) is 4.88 Å². The smallest absolute Gasteiger partial charge is 0.355 e. The summed E-state index contributed by atoms with van der Waals surface area (Å²) in [7, 11) is 0. The van der Waals surface area contributed by atoms with Gasteiger partial charge >= 0.3 is 11.9 Å². The number of thiophene rings is 1. The highest BCUT2D eigenvalue weighted by atomic mass is 32.2. The van der Waals surface area contributed by atoms with Crippen molar-refractivity contribution in [1.82, 2.24) is 10.2 Å². The van der Waals surface area contributed by atoms with Crippen LogP contribution in [0.5, 0.6) is 0 Å². The fourth-order valence-electron chi connectivity index (χ4n) is 3.09. The average molecular weight is 453 g/mol. The zero-order valence-corrected chi connectivity index (χ0v) is 18.9. The van der Waals surface area contributed by atoms with Gasteiger partial charge in [-0.15, -0.1) is 23.1 Å². The van der Waals surface area contributed by atoms with E-state index in [1.54, 1.807) is 20.8 Å². The summed E-state index contributed by atoms with van der Waals surface area (Å²) in [5.74, 6) is -1.37. The van der Waals surface area contributed by atoms with Crippen molar-refractivity contribution in [3.63, 3.8) is 0 Å². The highest BCUT2D eigenvalue weighted by Gasteiger charge is 2.54. The Morgan fingerprint density at radius 1 is 1.30 bits per heavy atom. The van der Waals surface area contributed by atoms with Crippen molar-refractivity contribution in [3.05, 3.63) is 33.7 Å². The summed E-state index contributed by atoms with van der Waals surface area (Å²) in [6, 6.07) is 3.01. The zero-order chi connectivity index (χ0) is 22.1. The summed E-state index contributed by atoms with van der Waals surface area (Å²) in [5.41, 5.74) is -0.139. The number of nitrogens with one attached hydrogen (secondary N) is 1. The molecule has 0 spiro atoms. The standard InChI is InChI=1S/C20H24N2O6S2/c1-11(23)27-9-12-10-30-18-15(21-14(24)8-13-6-5-7-29-13)17(25)22(18)16(12)19(26)28-20(2,3)4/h5-7,15,18H,8-10H2,1-4H3,(H,21,24)/t15-,18+/m1/s1. The van der Waals surface area contributed by atoms with E-state index in [0.29, 0.717) is 11.3 Å². The number of carbonyl (C=O) groups excluding carboxylic acids is 4. The van der Waals surface area contributed by atoms with Gasteiger partial charge in [0.1, 0.15) is 29.3 Å². The summed E-state index contributed by atoms with van der Waals surface area (Å²) in [6.45, 7) is 6.39. The Morgan fingerprint density at radius 2 is 2.03 bits per heavy atom. The lowest BCUT2D eigenvalue weighted by Gasteiger charge is -2.49. The van der Waals surface area contributed by atoms with E-state index >= 15 is 0 Å². The highest BCUT2D eigenvalue weighted by Crippen LogP contribution is 2.41. The molecule has 0 radical (unpaired) electrons. The molecule has 2 aliphatic rings. The molecule has 0 aliphatic carbocycles. The second kappa shape index (κ2) is 8.81. The molecule has 1 fully saturated rings. The minimum atomic E-state index is -0.751. The quantitative estimate of drug-likeness (QED) is 0.519. The molecule has 3 rings (SSSR count). The van der Waals surface area contributed by atoms with Crippen molar-refractivity contribution < 1.29 is 28.7 Å². The number of rotatable bonds is 6. The molecule has 30 heavy (non-hydrogen) atoms. The predicted octanol–water partition coefficient (Wildman–Crippen LogP) is 1.85. The lowest BCUT2D eigenvalue weighted by atomic mass is 10.0. The third kappa shape index (κ3) is 5.04. The Hall–Kier alpha value is -2.33. The number of nitrogens with zero attached hydrogens (tertiary/aromatic N) is 1. The van der Waals surface area contributed by atoms with Crippen LogP contribution in [0.1, 0.15) is 32.6 Å². The van der Waals surface area contributed by atoms with E-state index in [9.17, 15) is 19.2 Å². The third-order valence-electron chi connectivity index (χ3n) is 4.32. The molecule has 0 aromatic carbocycles. The fourth-order valence-corrected chi connectivity index (χ4v) is 5.12. The lowest BCUT2D eigenvalue weighted by Crippen LogP contribution is -2.70. The number of carbonyl (C=O) groups is 4. The largest absolute Gasteiger partial charge is 0.461 e. The molecule has 0 bridgehead atoms. The molecule has 1 saturated heterocycles. The van der Waals surface area contributed by atoms with E-state index < -0.39 is 29.0 Å².